The highest BCUT2D eigenvalue weighted by Crippen LogP contribution is 2.09. The Labute approximate surface area is 181 Å². The van der Waals surface area contributed by atoms with Crippen LogP contribution in [-0.4, -0.2) is 94.5 Å². The molecule has 0 unspecified atom stereocenters. The van der Waals surface area contributed by atoms with Crippen LogP contribution in [-0.2, 0) is 28.5 Å². The van der Waals surface area contributed by atoms with E-state index in [1.165, 1.54) is 0 Å². The van der Waals surface area contributed by atoms with Crippen LogP contribution in [0.5, 0.6) is 0 Å². The van der Waals surface area contributed by atoms with Crippen LogP contribution in [0.3, 0.4) is 0 Å². The molecule has 1 N–H and O–H groups in total. The number of nitrogens with zero attached hydrogens (tertiary/aromatic N) is 1. The Kier molecular flexibility index (Phi) is 14.7. The van der Waals surface area contributed by atoms with Crippen LogP contribution in [0.4, 0.5) is 4.79 Å². The summed E-state index contributed by atoms with van der Waals surface area (Å²) in [5.41, 5.74) is -0.951. The molecule has 178 valence electrons. The molecule has 0 radical (unpaired) electrons. The van der Waals surface area contributed by atoms with Crippen LogP contribution in [0.1, 0.15) is 48.0 Å². The quantitative estimate of drug-likeness (QED) is 0.310. The van der Waals surface area contributed by atoms with Gasteiger partial charge in [0, 0.05) is 26.7 Å². The predicted octanol–water partition coefficient (Wildman–Crippen LogP) is 2.22. The molecule has 0 heterocycles. The van der Waals surface area contributed by atoms with Gasteiger partial charge in [-0.05, 0) is 41.5 Å². The zero-order chi connectivity index (χ0) is 23.0. The minimum absolute atomic E-state index is 0.237. The Hall–Kier alpha value is -1.42. The number of ether oxygens (including phenoxy) is 5. The van der Waals surface area contributed by atoms with Crippen molar-refractivity contribution in [3.05, 3.63) is 0 Å². The van der Waals surface area contributed by atoms with E-state index in [1.54, 1.807) is 11.9 Å². The zero-order valence-corrected chi connectivity index (χ0v) is 19.9. The molecule has 1 amide bonds. The van der Waals surface area contributed by atoms with Crippen molar-refractivity contribution < 1.29 is 33.3 Å². The van der Waals surface area contributed by atoms with Gasteiger partial charge in [0.15, 0.2) is 0 Å². The largest absolute Gasteiger partial charge is 0.460 e. The van der Waals surface area contributed by atoms with Crippen molar-refractivity contribution in [1.29, 1.82) is 0 Å². The van der Waals surface area contributed by atoms with Gasteiger partial charge in [-0.3, -0.25) is 4.79 Å². The first-order chi connectivity index (χ1) is 13.9. The Morgan fingerprint density at radius 1 is 0.733 bits per heavy atom. The van der Waals surface area contributed by atoms with Crippen molar-refractivity contribution in [2.24, 2.45) is 0 Å². The predicted molar refractivity (Wildman–Crippen MR) is 115 cm³/mol. The second-order valence-electron chi connectivity index (χ2n) is 8.83. The molecular formula is C21H42N2O7. The minimum Gasteiger partial charge on any atom is -0.460 e. The molecule has 9 heteroatoms. The van der Waals surface area contributed by atoms with Gasteiger partial charge in [0.2, 0.25) is 0 Å². The summed E-state index contributed by atoms with van der Waals surface area (Å²) >= 11 is 0. The molecule has 9 nitrogen and oxygen atoms in total. The van der Waals surface area contributed by atoms with Crippen molar-refractivity contribution in [2.75, 3.05) is 66.3 Å². The number of hydrogen-bond acceptors (Lipinski definition) is 8. The fourth-order valence-corrected chi connectivity index (χ4v) is 2.04. The summed E-state index contributed by atoms with van der Waals surface area (Å²) in [6.07, 6.45) is -0.0902. The van der Waals surface area contributed by atoms with Gasteiger partial charge in [0.05, 0.1) is 46.1 Å². The number of hydrogen-bond donors (Lipinski definition) is 1. The number of carbonyl (C=O) groups excluding carboxylic acids is 2. The first-order valence-corrected chi connectivity index (χ1v) is 10.5. The van der Waals surface area contributed by atoms with E-state index >= 15 is 0 Å². The van der Waals surface area contributed by atoms with Crippen LogP contribution in [0, 0.1) is 0 Å². The lowest BCUT2D eigenvalue weighted by Crippen LogP contribution is -2.38. The van der Waals surface area contributed by atoms with Gasteiger partial charge in [0.25, 0.3) is 0 Å². The summed E-state index contributed by atoms with van der Waals surface area (Å²) in [5, 5.41) is 3.21. The Morgan fingerprint density at radius 2 is 1.23 bits per heavy atom. The van der Waals surface area contributed by atoms with E-state index in [-0.39, 0.29) is 18.5 Å². The molecule has 0 aliphatic rings. The van der Waals surface area contributed by atoms with Crippen molar-refractivity contribution in [2.45, 2.75) is 59.2 Å². The van der Waals surface area contributed by atoms with E-state index in [1.807, 2.05) is 41.5 Å². The third-order valence-electron chi connectivity index (χ3n) is 3.37. The van der Waals surface area contributed by atoms with Gasteiger partial charge in [-0.25, -0.2) is 4.79 Å². The number of likely N-dealkylation sites (N-methyl/N-ethyl adjacent to an activating group) is 1. The zero-order valence-electron chi connectivity index (χ0n) is 19.9. The van der Waals surface area contributed by atoms with E-state index in [2.05, 4.69) is 5.32 Å². The van der Waals surface area contributed by atoms with E-state index in [0.29, 0.717) is 59.3 Å². The highest BCUT2D eigenvalue weighted by molar-refractivity contribution is 5.69. The summed E-state index contributed by atoms with van der Waals surface area (Å²) in [4.78, 5) is 24.8. The van der Waals surface area contributed by atoms with Crippen LogP contribution >= 0.6 is 0 Å². The second-order valence-corrected chi connectivity index (χ2v) is 8.83. The van der Waals surface area contributed by atoms with Crippen molar-refractivity contribution >= 4 is 12.1 Å². The second kappa shape index (κ2) is 15.4. The number of nitrogens with one attached hydrogen (secondary N) is 1. The molecule has 0 fully saturated rings. The lowest BCUT2D eigenvalue weighted by atomic mass is 10.2. The van der Waals surface area contributed by atoms with Gasteiger partial charge in [-0.2, -0.15) is 0 Å². The normalized spacial score (nSPS) is 12.0. The molecular weight excluding hydrogens is 392 g/mol. The van der Waals surface area contributed by atoms with Gasteiger partial charge in [-0.15, -0.1) is 0 Å². The topological polar surface area (TPSA) is 95.6 Å². The molecule has 0 rings (SSSR count). The fraction of sp³-hybridized carbons (Fsp3) is 0.905. The van der Waals surface area contributed by atoms with E-state index in [9.17, 15) is 9.59 Å². The smallest absolute Gasteiger partial charge is 0.410 e. The molecule has 0 atom stereocenters. The minimum atomic E-state index is -0.485. The molecule has 0 saturated heterocycles. The Bertz CT molecular complexity index is 473. The van der Waals surface area contributed by atoms with Crippen molar-refractivity contribution in [3.8, 4) is 0 Å². The average molecular weight is 435 g/mol. The van der Waals surface area contributed by atoms with Crippen molar-refractivity contribution in [3.63, 3.8) is 0 Å². The standard InChI is InChI=1S/C21H42N2O7/c1-20(2,3)29-18(24)8-12-26-14-16-28-17-15-27-13-10-22-9-11-23(7)19(25)30-21(4,5)6/h22H,8-17H2,1-7H3. The third-order valence-corrected chi connectivity index (χ3v) is 3.37. The summed E-state index contributed by atoms with van der Waals surface area (Å²) in [6.45, 7) is 15.7. The van der Waals surface area contributed by atoms with E-state index < -0.39 is 11.2 Å². The molecule has 0 saturated carbocycles. The van der Waals surface area contributed by atoms with Gasteiger partial charge in [0.1, 0.15) is 11.2 Å². The first kappa shape index (κ1) is 28.6. The van der Waals surface area contributed by atoms with E-state index in [0.717, 1.165) is 0 Å². The summed E-state index contributed by atoms with van der Waals surface area (Å²) in [7, 11) is 1.71. The monoisotopic (exact) mass is 434 g/mol. The highest BCUT2D eigenvalue weighted by Gasteiger charge is 2.19. The number of carbonyl (C=O) groups is 2. The summed E-state index contributed by atoms with van der Waals surface area (Å²) in [6, 6.07) is 0. The molecule has 0 aliphatic carbocycles. The first-order valence-electron chi connectivity index (χ1n) is 10.5. The van der Waals surface area contributed by atoms with Gasteiger partial charge in [-0.1, -0.05) is 0 Å². The molecule has 0 aromatic carbocycles. The Balaban J connectivity index is 3.37. The van der Waals surface area contributed by atoms with Crippen LogP contribution in [0.2, 0.25) is 0 Å². The maximum atomic E-state index is 11.8. The van der Waals surface area contributed by atoms with Crippen LogP contribution in [0.15, 0.2) is 0 Å². The lowest BCUT2D eigenvalue weighted by molar-refractivity contribution is -0.156. The molecule has 0 aromatic heterocycles. The molecule has 0 aromatic rings. The average Bonchev–Trinajstić information content (AvgIpc) is 2.58. The molecule has 0 bridgehead atoms. The molecule has 30 heavy (non-hydrogen) atoms. The van der Waals surface area contributed by atoms with E-state index in [4.69, 9.17) is 23.7 Å². The van der Waals surface area contributed by atoms with Crippen molar-refractivity contribution in [1.82, 2.24) is 10.2 Å². The Morgan fingerprint density at radius 3 is 1.77 bits per heavy atom. The number of amides is 1. The van der Waals surface area contributed by atoms with Gasteiger partial charge >= 0.3 is 12.1 Å². The number of esters is 1. The summed E-state index contributed by atoms with van der Waals surface area (Å²) in [5.74, 6) is -0.262. The molecule has 0 spiro atoms. The SMILES string of the molecule is CN(CCNCCOCCOCCOCCC(=O)OC(C)(C)C)C(=O)OC(C)(C)C. The van der Waals surface area contributed by atoms with Crippen LogP contribution < -0.4 is 5.32 Å². The van der Waals surface area contributed by atoms with Crippen LogP contribution in [0.25, 0.3) is 0 Å². The number of rotatable bonds is 15. The fourth-order valence-electron chi connectivity index (χ4n) is 2.04. The third kappa shape index (κ3) is 19.9. The summed E-state index contributed by atoms with van der Waals surface area (Å²) < 4.78 is 26.7. The molecule has 0 aliphatic heterocycles. The van der Waals surface area contributed by atoms with Gasteiger partial charge < -0.3 is 33.9 Å². The maximum Gasteiger partial charge on any atom is 0.410 e. The highest BCUT2D eigenvalue weighted by atomic mass is 16.6. The lowest BCUT2D eigenvalue weighted by Gasteiger charge is -2.24. The maximum absolute atomic E-state index is 11.8.